The molecule has 88 valence electrons. The van der Waals surface area contributed by atoms with Crippen molar-refractivity contribution < 1.29 is 4.74 Å². The molecule has 16 heavy (non-hydrogen) atoms. The van der Waals surface area contributed by atoms with Crippen LogP contribution in [0.5, 0.6) is 5.88 Å². The molecule has 0 radical (unpaired) electrons. The fourth-order valence-corrected chi connectivity index (χ4v) is 1.90. The van der Waals surface area contributed by atoms with Crippen molar-refractivity contribution in [1.29, 1.82) is 0 Å². The highest BCUT2D eigenvalue weighted by Crippen LogP contribution is 2.33. The van der Waals surface area contributed by atoms with E-state index in [2.05, 4.69) is 17.2 Å². The van der Waals surface area contributed by atoms with E-state index in [1.807, 2.05) is 12.1 Å². The lowest BCUT2D eigenvalue weighted by Crippen LogP contribution is -2.25. The van der Waals surface area contributed by atoms with E-state index >= 15 is 0 Å². The minimum atomic E-state index is 0.603. The lowest BCUT2D eigenvalue weighted by Gasteiger charge is -2.13. The van der Waals surface area contributed by atoms with Crippen molar-refractivity contribution in [2.24, 2.45) is 5.92 Å². The molecule has 1 aliphatic carbocycles. The molecule has 0 saturated heterocycles. The van der Waals surface area contributed by atoms with Gasteiger partial charge < -0.3 is 10.1 Å². The van der Waals surface area contributed by atoms with Crippen molar-refractivity contribution >= 4 is 0 Å². The van der Waals surface area contributed by atoms with E-state index < -0.39 is 0 Å². The number of methoxy groups -OCH3 is 1. The van der Waals surface area contributed by atoms with Crippen LogP contribution in [0.2, 0.25) is 0 Å². The molecule has 0 aromatic carbocycles. The lowest BCUT2D eigenvalue weighted by atomic mass is 10.1. The number of rotatable bonds is 6. The zero-order valence-electron chi connectivity index (χ0n) is 10.1. The van der Waals surface area contributed by atoms with Crippen molar-refractivity contribution in [2.75, 3.05) is 7.11 Å². The Morgan fingerprint density at radius 2 is 2.38 bits per heavy atom. The van der Waals surface area contributed by atoms with Gasteiger partial charge in [0.25, 0.3) is 0 Å². The fraction of sp³-hybridized carbons (Fsp3) is 0.615. The molecular weight excluding hydrogens is 200 g/mol. The van der Waals surface area contributed by atoms with Gasteiger partial charge in [-0.3, -0.25) is 0 Å². The topological polar surface area (TPSA) is 34.1 Å². The molecule has 0 spiro atoms. The predicted octanol–water partition coefficient (Wildman–Crippen LogP) is 2.37. The second-order valence-corrected chi connectivity index (χ2v) is 4.67. The molecule has 1 aliphatic rings. The Labute approximate surface area is 97.2 Å². The summed E-state index contributed by atoms with van der Waals surface area (Å²) in [5.41, 5.74) is 1.23. The Bertz CT molecular complexity index is 336. The molecule has 0 bridgehead atoms. The van der Waals surface area contributed by atoms with Crippen LogP contribution in [-0.2, 0) is 6.54 Å². The summed E-state index contributed by atoms with van der Waals surface area (Å²) in [6, 6.07) is 4.61. The third-order valence-corrected chi connectivity index (χ3v) is 3.05. The number of ether oxygens (including phenoxy) is 1. The van der Waals surface area contributed by atoms with Crippen LogP contribution in [0, 0.1) is 5.92 Å². The van der Waals surface area contributed by atoms with Crippen LogP contribution in [0.25, 0.3) is 0 Å². The van der Waals surface area contributed by atoms with E-state index in [-0.39, 0.29) is 0 Å². The molecule has 3 nitrogen and oxygen atoms in total. The van der Waals surface area contributed by atoms with Gasteiger partial charge in [0.05, 0.1) is 7.11 Å². The third kappa shape index (κ3) is 3.49. The van der Waals surface area contributed by atoms with Gasteiger partial charge in [0.2, 0.25) is 5.88 Å². The average molecular weight is 220 g/mol. The van der Waals surface area contributed by atoms with Crippen molar-refractivity contribution in [2.45, 2.75) is 38.8 Å². The van der Waals surface area contributed by atoms with E-state index in [0.29, 0.717) is 11.9 Å². The maximum Gasteiger partial charge on any atom is 0.213 e. The Morgan fingerprint density at radius 1 is 1.56 bits per heavy atom. The second kappa shape index (κ2) is 5.30. The minimum Gasteiger partial charge on any atom is -0.481 e. The Balaban J connectivity index is 1.78. The molecule has 2 rings (SSSR count). The summed E-state index contributed by atoms with van der Waals surface area (Å²) in [6.07, 6.45) is 5.95. The Hall–Kier alpha value is -1.09. The number of pyridine rings is 1. The van der Waals surface area contributed by atoms with Crippen LogP contribution >= 0.6 is 0 Å². The van der Waals surface area contributed by atoms with Gasteiger partial charge in [0.15, 0.2) is 0 Å². The second-order valence-electron chi connectivity index (χ2n) is 4.67. The van der Waals surface area contributed by atoms with Gasteiger partial charge in [-0.25, -0.2) is 4.98 Å². The average Bonchev–Trinajstić information content (AvgIpc) is 3.10. The monoisotopic (exact) mass is 220 g/mol. The predicted molar refractivity (Wildman–Crippen MR) is 64.4 cm³/mol. The molecule has 1 saturated carbocycles. The van der Waals surface area contributed by atoms with Crippen LogP contribution < -0.4 is 10.1 Å². The first kappa shape index (κ1) is 11.4. The highest BCUT2D eigenvalue weighted by Gasteiger charge is 2.23. The van der Waals surface area contributed by atoms with E-state index in [1.165, 1.54) is 24.8 Å². The highest BCUT2D eigenvalue weighted by atomic mass is 16.5. The molecule has 1 aromatic heterocycles. The number of hydrogen-bond acceptors (Lipinski definition) is 3. The summed E-state index contributed by atoms with van der Waals surface area (Å²) < 4.78 is 5.10. The smallest absolute Gasteiger partial charge is 0.213 e. The number of nitrogens with zero attached hydrogens (tertiary/aromatic N) is 1. The molecule has 1 atom stereocenters. The summed E-state index contributed by atoms with van der Waals surface area (Å²) in [7, 11) is 1.65. The Morgan fingerprint density at radius 3 is 3.06 bits per heavy atom. The first-order valence-corrected chi connectivity index (χ1v) is 6.00. The van der Waals surface area contributed by atoms with Gasteiger partial charge in [0.1, 0.15) is 0 Å². The van der Waals surface area contributed by atoms with Crippen LogP contribution in [0.1, 0.15) is 31.7 Å². The van der Waals surface area contributed by atoms with Crippen LogP contribution in [0.3, 0.4) is 0 Å². The summed E-state index contributed by atoms with van der Waals surface area (Å²) in [6.45, 7) is 3.16. The number of nitrogens with one attached hydrogen (secondary N) is 1. The van der Waals surface area contributed by atoms with Gasteiger partial charge in [-0.2, -0.15) is 0 Å². The minimum absolute atomic E-state index is 0.603. The zero-order valence-corrected chi connectivity index (χ0v) is 10.1. The Kier molecular flexibility index (Phi) is 3.78. The number of hydrogen-bond donors (Lipinski definition) is 1. The van der Waals surface area contributed by atoms with Crippen molar-refractivity contribution in [3.8, 4) is 5.88 Å². The van der Waals surface area contributed by atoms with Crippen LogP contribution in [0.15, 0.2) is 18.3 Å². The van der Waals surface area contributed by atoms with E-state index in [4.69, 9.17) is 4.74 Å². The normalized spacial score (nSPS) is 17.1. The van der Waals surface area contributed by atoms with Crippen molar-refractivity contribution in [1.82, 2.24) is 10.3 Å². The largest absolute Gasteiger partial charge is 0.481 e. The zero-order chi connectivity index (χ0) is 11.4. The molecule has 0 aliphatic heterocycles. The fourth-order valence-electron chi connectivity index (χ4n) is 1.90. The standard InChI is InChI=1S/C13H20N2O/c1-10(7-11-3-4-11)15-9-12-5-6-14-13(8-12)16-2/h5-6,8,10-11,15H,3-4,7,9H2,1-2H3. The van der Waals surface area contributed by atoms with Crippen molar-refractivity contribution in [3.05, 3.63) is 23.9 Å². The molecule has 1 fully saturated rings. The van der Waals surface area contributed by atoms with Crippen LogP contribution in [0.4, 0.5) is 0 Å². The molecule has 1 unspecified atom stereocenters. The third-order valence-electron chi connectivity index (χ3n) is 3.05. The molecule has 3 heteroatoms. The number of aromatic nitrogens is 1. The van der Waals surface area contributed by atoms with Crippen LogP contribution in [-0.4, -0.2) is 18.1 Å². The first-order valence-electron chi connectivity index (χ1n) is 6.00. The molecule has 1 aromatic rings. The van der Waals surface area contributed by atoms with E-state index in [0.717, 1.165) is 12.5 Å². The molecule has 1 N–H and O–H groups in total. The summed E-state index contributed by atoms with van der Waals surface area (Å²) in [5, 5.41) is 3.54. The van der Waals surface area contributed by atoms with Gasteiger partial charge in [-0.1, -0.05) is 12.8 Å². The summed E-state index contributed by atoms with van der Waals surface area (Å²) in [5.74, 6) is 1.67. The van der Waals surface area contributed by atoms with E-state index in [1.54, 1.807) is 13.3 Å². The van der Waals surface area contributed by atoms with Crippen molar-refractivity contribution in [3.63, 3.8) is 0 Å². The molecule has 1 heterocycles. The maximum absolute atomic E-state index is 5.10. The summed E-state index contributed by atoms with van der Waals surface area (Å²) >= 11 is 0. The quantitative estimate of drug-likeness (QED) is 0.799. The SMILES string of the molecule is COc1cc(CNC(C)CC2CC2)ccn1. The molecule has 0 amide bonds. The first-order chi connectivity index (χ1) is 7.78. The van der Waals surface area contributed by atoms with Gasteiger partial charge in [0, 0.05) is 24.8 Å². The maximum atomic E-state index is 5.10. The van der Waals surface area contributed by atoms with Gasteiger partial charge >= 0.3 is 0 Å². The van der Waals surface area contributed by atoms with E-state index in [9.17, 15) is 0 Å². The summed E-state index contributed by atoms with van der Waals surface area (Å²) in [4.78, 5) is 4.09. The van der Waals surface area contributed by atoms with Gasteiger partial charge in [-0.15, -0.1) is 0 Å². The van der Waals surface area contributed by atoms with Gasteiger partial charge in [-0.05, 0) is 30.9 Å². The molecular formula is C13H20N2O. The lowest BCUT2D eigenvalue weighted by molar-refractivity contribution is 0.396. The highest BCUT2D eigenvalue weighted by molar-refractivity contribution is 5.20.